The van der Waals surface area contributed by atoms with Gasteiger partial charge in [0.05, 0.1) is 20.5 Å². The maximum Gasteiger partial charge on any atom is 0.317 e. The van der Waals surface area contributed by atoms with Gasteiger partial charge in [0.1, 0.15) is 0 Å². The first-order valence-corrected chi connectivity index (χ1v) is 9.19. The Morgan fingerprint density at radius 2 is 1.75 bits per heavy atom. The SMILES string of the molecule is COc1ccc(CCNC(=O)N2CCN(C(=O)c3ccco3)CC2)cc1OC. The summed E-state index contributed by atoms with van der Waals surface area (Å²) in [6, 6.07) is 8.93. The van der Waals surface area contributed by atoms with Crippen molar-refractivity contribution in [3.05, 3.63) is 47.9 Å². The highest BCUT2D eigenvalue weighted by atomic mass is 16.5. The van der Waals surface area contributed by atoms with Crippen molar-refractivity contribution in [3.63, 3.8) is 0 Å². The fraction of sp³-hybridized carbons (Fsp3) is 0.400. The number of piperazine rings is 1. The quantitative estimate of drug-likeness (QED) is 0.820. The average Bonchev–Trinajstić information content (AvgIpc) is 3.28. The van der Waals surface area contributed by atoms with Crippen LogP contribution >= 0.6 is 0 Å². The molecule has 0 radical (unpaired) electrons. The molecule has 1 aliphatic heterocycles. The van der Waals surface area contributed by atoms with Crippen LogP contribution in [0, 0.1) is 0 Å². The van der Waals surface area contributed by atoms with Gasteiger partial charge in [-0.1, -0.05) is 6.07 Å². The van der Waals surface area contributed by atoms with E-state index in [1.807, 2.05) is 18.2 Å². The Bertz CT molecular complexity index is 798. The molecule has 1 fully saturated rings. The number of rotatable bonds is 6. The van der Waals surface area contributed by atoms with Crippen LogP contribution in [0.5, 0.6) is 11.5 Å². The van der Waals surface area contributed by atoms with Crippen molar-refractivity contribution in [2.45, 2.75) is 6.42 Å². The minimum absolute atomic E-state index is 0.120. The van der Waals surface area contributed by atoms with E-state index in [2.05, 4.69) is 5.32 Å². The summed E-state index contributed by atoms with van der Waals surface area (Å²) in [5, 5.41) is 2.93. The van der Waals surface area contributed by atoms with Gasteiger partial charge in [0, 0.05) is 32.7 Å². The summed E-state index contributed by atoms with van der Waals surface area (Å²) in [7, 11) is 3.19. The topological polar surface area (TPSA) is 84.3 Å². The number of amides is 3. The molecule has 28 heavy (non-hydrogen) atoms. The number of methoxy groups -OCH3 is 2. The zero-order valence-electron chi connectivity index (χ0n) is 16.1. The summed E-state index contributed by atoms with van der Waals surface area (Å²) in [5.74, 6) is 1.53. The molecule has 1 aromatic heterocycles. The lowest BCUT2D eigenvalue weighted by Gasteiger charge is -2.34. The molecule has 3 rings (SSSR count). The molecule has 8 heteroatoms. The molecule has 3 amide bonds. The van der Waals surface area contributed by atoms with Crippen LogP contribution in [0.25, 0.3) is 0 Å². The minimum Gasteiger partial charge on any atom is -0.493 e. The normalized spacial score (nSPS) is 13.9. The summed E-state index contributed by atoms with van der Waals surface area (Å²) >= 11 is 0. The molecule has 1 N–H and O–H groups in total. The number of nitrogens with zero attached hydrogens (tertiary/aromatic N) is 2. The first-order valence-electron chi connectivity index (χ1n) is 9.19. The first kappa shape index (κ1) is 19.6. The standard InChI is InChI=1S/C20H25N3O5/c1-26-16-6-5-15(14-18(16)27-2)7-8-21-20(25)23-11-9-22(10-12-23)19(24)17-4-3-13-28-17/h3-6,13-14H,7-12H2,1-2H3,(H,21,25). The highest BCUT2D eigenvalue weighted by Gasteiger charge is 2.25. The highest BCUT2D eigenvalue weighted by molar-refractivity contribution is 5.91. The second-order valence-corrected chi connectivity index (χ2v) is 6.43. The molecule has 0 atom stereocenters. The lowest BCUT2D eigenvalue weighted by molar-refractivity contribution is 0.0634. The van der Waals surface area contributed by atoms with Gasteiger partial charge >= 0.3 is 6.03 Å². The van der Waals surface area contributed by atoms with Crippen LogP contribution in [-0.2, 0) is 6.42 Å². The predicted octanol–water partition coefficient (Wildman–Crippen LogP) is 2.01. The summed E-state index contributed by atoms with van der Waals surface area (Å²) in [5.41, 5.74) is 1.05. The van der Waals surface area contributed by atoms with E-state index in [0.717, 1.165) is 5.56 Å². The Kier molecular flexibility index (Phi) is 6.41. The molecule has 2 heterocycles. The van der Waals surface area contributed by atoms with Gasteiger partial charge in [-0.2, -0.15) is 0 Å². The fourth-order valence-electron chi connectivity index (χ4n) is 3.13. The molecule has 1 saturated heterocycles. The molecule has 1 aliphatic rings. The zero-order valence-corrected chi connectivity index (χ0v) is 16.1. The minimum atomic E-state index is -0.140. The van der Waals surface area contributed by atoms with Crippen LogP contribution in [0.3, 0.4) is 0 Å². The monoisotopic (exact) mass is 387 g/mol. The Morgan fingerprint density at radius 1 is 1.04 bits per heavy atom. The number of benzene rings is 1. The van der Waals surface area contributed by atoms with Crippen molar-refractivity contribution in [1.82, 2.24) is 15.1 Å². The molecule has 0 bridgehead atoms. The molecule has 0 saturated carbocycles. The Morgan fingerprint density at radius 3 is 2.39 bits per heavy atom. The van der Waals surface area contributed by atoms with Crippen LogP contribution in [0.15, 0.2) is 41.0 Å². The Labute approximate surface area is 164 Å². The van der Waals surface area contributed by atoms with Crippen LogP contribution in [0.1, 0.15) is 16.1 Å². The number of carbonyl (C=O) groups is 2. The maximum atomic E-state index is 12.4. The van der Waals surface area contributed by atoms with Gasteiger partial charge in [0.25, 0.3) is 5.91 Å². The van der Waals surface area contributed by atoms with Crippen LogP contribution in [-0.4, -0.2) is 68.7 Å². The molecule has 150 valence electrons. The van der Waals surface area contributed by atoms with Gasteiger partial charge < -0.3 is 29.0 Å². The number of nitrogens with one attached hydrogen (secondary N) is 1. The molecule has 8 nitrogen and oxygen atoms in total. The van der Waals surface area contributed by atoms with E-state index in [9.17, 15) is 9.59 Å². The number of hydrogen-bond acceptors (Lipinski definition) is 5. The van der Waals surface area contributed by atoms with E-state index in [1.54, 1.807) is 36.2 Å². The molecule has 2 aromatic rings. The Hall–Kier alpha value is -3.16. The van der Waals surface area contributed by atoms with Crippen molar-refractivity contribution in [1.29, 1.82) is 0 Å². The predicted molar refractivity (Wildman–Crippen MR) is 103 cm³/mol. The van der Waals surface area contributed by atoms with Gasteiger partial charge in [-0.25, -0.2) is 4.79 Å². The van der Waals surface area contributed by atoms with Crippen LogP contribution in [0.4, 0.5) is 4.79 Å². The van der Waals surface area contributed by atoms with E-state index in [0.29, 0.717) is 56.4 Å². The van der Waals surface area contributed by atoms with Crippen LogP contribution < -0.4 is 14.8 Å². The summed E-state index contributed by atoms with van der Waals surface area (Å²) in [4.78, 5) is 28.0. The van der Waals surface area contributed by atoms with Crippen molar-refractivity contribution in [2.75, 3.05) is 46.9 Å². The summed E-state index contributed by atoms with van der Waals surface area (Å²) in [6.07, 6.45) is 2.17. The van der Waals surface area contributed by atoms with Crippen molar-refractivity contribution >= 4 is 11.9 Å². The molecule has 0 unspecified atom stereocenters. The maximum absolute atomic E-state index is 12.4. The van der Waals surface area contributed by atoms with E-state index in [4.69, 9.17) is 13.9 Å². The molecule has 0 spiro atoms. The number of urea groups is 1. The number of furan rings is 1. The smallest absolute Gasteiger partial charge is 0.317 e. The highest BCUT2D eigenvalue weighted by Crippen LogP contribution is 2.27. The van der Waals surface area contributed by atoms with E-state index >= 15 is 0 Å². The van der Waals surface area contributed by atoms with Crippen molar-refractivity contribution in [2.24, 2.45) is 0 Å². The van der Waals surface area contributed by atoms with Crippen LogP contribution in [0.2, 0.25) is 0 Å². The summed E-state index contributed by atoms with van der Waals surface area (Å²) in [6.45, 7) is 2.48. The fourth-order valence-corrected chi connectivity index (χ4v) is 3.13. The van der Waals surface area contributed by atoms with Crippen molar-refractivity contribution in [3.8, 4) is 11.5 Å². The largest absolute Gasteiger partial charge is 0.493 e. The molecule has 1 aromatic carbocycles. The molecular formula is C20H25N3O5. The van der Waals surface area contributed by atoms with E-state index in [1.165, 1.54) is 6.26 Å². The number of ether oxygens (including phenoxy) is 2. The third-order valence-electron chi connectivity index (χ3n) is 4.72. The lowest BCUT2D eigenvalue weighted by Crippen LogP contribution is -2.53. The number of carbonyl (C=O) groups excluding carboxylic acids is 2. The molecular weight excluding hydrogens is 362 g/mol. The zero-order chi connectivity index (χ0) is 19.9. The average molecular weight is 387 g/mol. The third kappa shape index (κ3) is 4.57. The molecule has 0 aliphatic carbocycles. The van der Waals surface area contributed by atoms with Gasteiger partial charge in [0.2, 0.25) is 0 Å². The van der Waals surface area contributed by atoms with Gasteiger partial charge in [-0.05, 0) is 36.2 Å². The van der Waals surface area contributed by atoms with Gasteiger partial charge in [0.15, 0.2) is 17.3 Å². The second kappa shape index (κ2) is 9.16. The number of hydrogen-bond donors (Lipinski definition) is 1. The van der Waals surface area contributed by atoms with E-state index < -0.39 is 0 Å². The van der Waals surface area contributed by atoms with Gasteiger partial charge in [-0.3, -0.25) is 4.79 Å². The van der Waals surface area contributed by atoms with E-state index in [-0.39, 0.29) is 11.9 Å². The second-order valence-electron chi connectivity index (χ2n) is 6.43. The van der Waals surface area contributed by atoms with Gasteiger partial charge in [-0.15, -0.1) is 0 Å². The van der Waals surface area contributed by atoms with Crippen molar-refractivity contribution < 1.29 is 23.5 Å². The first-order chi connectivity index (χ1) is 13.6. The Balaban J connectivity index is 1.43. The lowest BCUT2D eigenvalue weighted by atomic mass is 10.1. The summed E-state index contributed by atoms with van der Waals surface area (Å²) < 4.78 is 15.7. The third-order valence-corrected chi connectivity index (χ3v) is 4.72.